The van der Waals surface area contributed by atoms with E-state index in [0.29, 0.717) is 5.82 Å². The van der Waals surface area contributed by atoms with Gasteiger partial charge in [0.25, 0.3) is 10.0 Å². The standard InChI is InChI=1S/C10H10N2O2S3/c1-15-8-4-5-9(11-7-8)12-17(13,14)10-3-2-6-16-10/h2-7H,1H3,(H,11,12). The van der Waals surface area contributed by atoms with Gasteiger partial charge in [-0.2, -0.15) is 0 Å². The first-order valence-electron chi connectivity index (χ1n) is 4.68. The van der Waals surface area contributed by atoms with E-state index in [-0.39, 0.29) is 4.21 Å². The third kappa shape index (κ3) is 2.99. The summed E-state index contributed by atoms with van der Waals surface area (Å²) in [7, 11) is -3.49. The monoisotopic (exact) mass is 286 g/mol. The fourth-order valence-electron chi connectivity index (χ4n) is 1.17. The van der Waals surface area contributed by atoms with Crippen molar-refractivity contribution in [3.05, 3.63) is 35.8 Å². The molecule has 2 aromatic rings. The lowest BCUT2D eigenvalue weighted by atomic mass is 10.5. The zero-order chi connectivity index (χ0) is 12.3. The Bertz CT molecular complexity index is 577. The molecule has 1 N–H and O–H groups in total. The molecule has 0 aliphatic heterocycles. The van der Waals surface area contributed by atoms with Gasteiger partial charge in [-0.3, -0.25) is 4.72 Å². The fraction of sp³-hybridized carbons (Fsp3) is 0.100. The van der Waals surface area contributed by atoms with Gasteiger partial charge in [-0.05, 0) is 29.8 Å². The average Bonchev–Trinajstić information content (AvgIpc) is 2.84. The van der Waals surface area contributed by atoms with Gasteiger partial charge in [0.2, 0.25) is 0 Å². The van der Waals surface area contributed by atoms with Gasteiger partial charge >= 0.3 is 0 Å². The number of thioether (sulfide) groups is 1. The zero-order valence-electron chi connectivity index (χ0n) is 8.95. The molecule has 17 heavy (non-hydrogen) atoms. The van der Waals surface area contributed by atoms with Gasteiger partial charge < -0.3 is 0 Å². The van der Waals surface area contributed by atoms with E-state index < -0.39 is 10.0 Å². The van der Waals surface area contributed by atoms with E-state index in [9.17, 15) is 8.42 Å². The molecule has 0 unspecified atom stereocenters. The van der Waals surface area contributed by atoms with Crippen LogP contribution in [0.25, 0.3) is 0 Å². The summed E-state index contributed by atoms with van der Waals surface area (Å²) in [6.45, 7) is 0. The van der Waals surface area contributed by atoms with Gasteiger partial charge in [0.1, 0.15) is 10.0 Å². The van der Waals surface area contributed by atoms with Crippen LogP contribution in [0.3, 0.4) is 0 Å². The van der Waals surface area contributed by atoms with Crippen molar-refractivity contribution < 1.29 is 8.42 Å². The summed E-state index contributed by atoms with van der Waals surface area (Å²) in [5.74, 6) is 0.330. The van der Waals surface area contributed by atoms with Crippen LogP contribution in [0.2, 0.25) is 0 Å². The first-order chi connectivity index (χ1) is 8.12. The highest BCUT2D eigenvalue weighted by molar-refractivity contribution is 7.98. The SMILES string of the molecule is CSc1ccc(NS(=O)(=O)c2cccs2)nc1. The molecule has 0 fully saturated rings. The van der Waals surface area contributed by atoms with E-state index in [4.69, 9.17) is 0 Å². The first-order valence-corrected chi connectivity index (χ1v) is 8.27. The second-order valence-corrected chi connectivity index (χ2v) is 6.86. The molecule has 0 saturated carbocycles. The van der Waals surface area contributed by atoms with Crippen LogP contribution in [0.15, 0.2) is 44.9 Å². The van der Waals surface area contributed by atoms with Gasteiger partial charge in [-0.15, -0.1) is 23.1 Å². The van der Waals surface area contributed by atoms with Gasteiger partial charge in [0.05, 0.1) is 0 Å². The summed E-state index contributed by atoms with van der Waals surface area (Å²) in [6, 6.07) is 6.73. The molecule has 0 atom stereocenters. The molecule has 0 bridgehead atoms. The number of thiophene rings is 1. The molecule has 90 valence electrons. The van der Waals surface area contributed by atoms with Crippen LogP contribution in [-0.4, -0.2) is 19.7 Å². The molecule has 0 radical (unpaired) electrons. The number of anilines is 1. The molecule has 0 aliphatic rings. The van der Waals surface area contributed by atoms with Crippen LogP contribution in [0, 0.1) is 0 Å². The van der Waals surface area contributed by atoms with E-state index in [0.717, 1.165) is 4.90 Å². The van der Waals surface area contributed by atoms with Gasteiger partial charge in [-0.25, -0.2) is 13.4 Å². The van der Waals surface area contributed by atoms with Crippen LogP contribution in [0.1, 0.15) is 0 Å². The average molecular weight is 286 g/mol. The quantitative estimate of drug-likeness (QED) is 0.878. The van der Waals surface area contributed by atoms with Crippen molar-refractivity contribution >= 4 is 38.9 Å². The summed E-state index contributed by atoms with van der Waals surface area (Å²) in [4.78, 5) is 5.03. The van der Waals surface area contributed by atoms with E-state index in [1.165, 1.54) is 11.3 Å². The second-order valence-electron chi connectivity index (χ2n) is 3.12. The van der Waals surface area contributed by atoms with Crippen molar-refractivity contribution in [1.29, 1.82) is 0 Å². The Morgan fingerprint density at radius 3 is 2.71 bits per heavy atom. The highest BCUT2D eigenvalue weighted by Gasteiger charge is 2.15. The smallest absolute Gasteiger partial charge is 0.263 e. The number of nitrogens with zero attached hydrogens (tertiary/aromatic N) is 1. The summed E-state index contributed by atoms with van der Waals surface area (Å²) >= 11 is 2.73. The lowest BCUT2D eigenvalue weighted by molar-refractivity contribution is 0.603. The molecule has 0 aliphatic carbocycles. The van der Waals surface area contributed by atoms with Crippen LogP contribution >= 0.6 is 23.1 Å². The third-order valence-electron chi connectivity index (χ3n) is 1.97. The number of aromatic nitrogens is 1. The van der Waals surface area contributed by atoms with Crippen molar-refractivity contribution in [2.75, 3.05) is 11.0 Å². The number of hydrogen-bond donors (Lipinski definition) is 1. The van der Waals surface area contributed by atoms with E-state index >= 15 is 0 Å². The third-order valence-corrected chi connectivity index (χ3v) is 5.44. The van der Waals surface area contributed by atoms with Crippen molar-refractivity contribution in [2.24, 2.45) is 0 Å². The van der Waals surface area contributed by atoms with Crippen molar-refractivity contribution in [3.8, 4) is 0 Å². The molecule has 2 rings (SSSR count). The highest BCUT2D eigenvalue weighted by Crippen LogP contribution is 2.20. The maximum absolute atomic E-state index is 11.9. The van der Waals surface area contributed by atoms with Crippen LogP contribution in [-0.2, 0) is 10.0 Å². The molecule has 4 nitrogen and oxygen atoms in total. The predicted molar refractivity (Wildman–Crippen MR) is 71.1 cm³/mol. The lowest BCUT2D eigenvalue weighted by Crippen LogP contribution is -2.12. The largest absolute Gasteiger partial charge is 0.272 e. The van der Waals surface area contributed by atoms with Gasteiger partial charge in [0, 0.05) is 11.1 Å². The molecule has 2 heterocycles. The summed E-state index contributed by atoms with van der Waals surface area (Å²) in [6.07, 6.45) is 3.57. The first kappa shape index (κ1) is 12.4. The molecule has 0 spiro atoms. The molecule has 2 aromatic heterocycles. The van der Waals surface area contributed by atoms with E-state index in [1.54, 1.807) is 41.5 Å². The predicted octanol–water partition coefficient (Wildman–Crippen LogP) is 2.67. The Kier molecular flexibility index (Phi) is 3.70. The van der Waals surface area contributed by atoms with E-state index in [1.807, 2.05) is 12.3 Å². The zero-order valence-corrected chi connectivity index (χ0v) is 11.4. The highest BCUT2D eigenvalue weighted by atomic mass is 32.2. The van der Waals surface area contributed by atoms with Crippen molar-refractivity contribution in [1.82, 2.24) is 4.98 Å². The normalized spacial score (nSPS) is 11.4. The van der Waals surface area contributed by atoms with Crippen molar-refractivity contribution in [3.63, 3.8) is 0 Å². The van der Waals surface area contributed by atoms with Crippen LogP contribution < -0.4 is 4.72 Å². The number of nitrogens with one attached hydrogen (secondary N) is 1. The summed E-state index contributed by atoms with van der Waals surface area (Å²) < 4.78 is 26.5. The molecular formula is C10H10N2O2S3. The minimum absolute atomic E-state index is 0.285. The Morgan fingerprint density at radius 1 is 1.35 bits per heavy atom. The second kappa shape index (κ2) is 5.07. The number of rotatable bonds is 4. The van der Waals surface area contributed by atoms with Gasteiger partial charge in [0.15, 0.2) is 0 Å². The summed E-state index contributed by atoms with van der Waals surface area (Å²) in [5.41, 5.74) is 0. The fourth-order valence-corrected chi connectivity index (χ4v) is 3.53. The minimum Gasteiger partial charge on any atom is -0.263 e. The lowest BCUT2D eigenvalue weighted by Gasteiger charge is -2.05. The number of hydrogen-bond acceptors (Lipinski definition) is 5. The topological polar surface area (TPSA) is 59.1 Å². The maximum Gasteiger partial charge on any atom is 0.272 e. The molecular weight excluding hydrogens is 276 g/mol. The van der Waals surface area contributed by atoms with E-state index in [2.05, 4.69) is 9.71 Å². The Morgan fingerprint density at radius 2 is 2.18 bits per heavy atom. The van der Waals surface area contributed by atoms with Crippen molar-refractivity contribution in [2.45, 2.75) is 9.10 Å². The number of pyridine rings is 1. The maximum atomic E-state index is 11.9. The minimum atomic E-state index is -3.49. The Hall–Kier alpha value is -1.05. The molecule has 0 saturated heterocycles. The van der Waals surface area contributed by atoms with Crippen LogP contribution in [0.5, 0.6) is 0 Å². The Labute approximate surface area is 108 Å². The Balaban J connectivity index is 2.21. The molecule has 0 amide bonds. The molecule has 7 heteroatoms. The summed E-state index contributed by atoms with van der Waals surface area (Å²) in [5, 5.41) is 1.72. The van der Waals surface area contributed by atoms with Crippen LogP contribution in [0.4, 0.5) is 5.82 Å². The van der Waals surface area contributed by atoms with Gasteiger partial charge in [-0.1, -0.05) is 6.07 Å². The number of sulfonamides is 1. The molecule has 0 aromatic carbocycles.